The minimum Gasteiger partial charge on any atom is -0.147 e. The molecule has 0 unspecified atom stereocenters. The van der Waals surface area contributed by atoms with Crippen molar-refractivity contribution in [2.24, 2.45) is 0 Å². The first kappa shape index (κ1) is 921. The summed E-state index contributed by atoms with van der Waals surface area (Å²) in [7, 11) is 0. The molecule has 98 heteroatoms. The van der Waals surface area contributed by atoms with E-state index in [0.717, 1.165) is 0 Å². The predicted molar refractivity (Wildman–Crippen MR) is 568 cm³/mol. The SMILES string of the molecule is Cl.Cl.Cl.[Mg+2].[Mg+2].[Mg+2].[Mg+2].[Mg+2].[Mg+2].[Mg+2].[Mg+2].[Mg+2].[Mg+2].[Mg+2].[Mg+2].[Mg+2].[Mg+2].[Mg+2].[Mg+2].[Mg+2].[Mg+2].[Mg+2].[Mg+2].[Mg+2].[Mg+2].[Mg+2].[Mg+2].[Mg+2].[Mg+2].[Mg+2].[Mg+2].[Mg+2].[Mg+2].[Mg+2].[Mg+2].[Mg+2].[Mg+2].[Mg+2].[Mg+2].[Mg+2].[Mg+2].[Mg+2].[Mg+2].[Mg+2].[Mg+2].[Mg+2].[Mg+2].[Mg+2].[Mg+2].[Mg+2].[Mg+2].[Mg+2].[Mg+2].[Mg+2].[Mg+2].[Mg+2].[Mg+2].[Mg+2].[Mg+2].[Mg+2].[Mg+2].[Mg+2].[Mg+2].[Mg+2].[Mg+2].[Mg+2].[Mg+2].[Mg+2].[Mg+2].[Mg+2].[Mg+2].[Mg+2].[Mg+2].[Mg+2].[Mg+2].[Mg+2].[Mg+2].[Mg+2].[Mg+2].[Mg+2].[Mg+2].[Mg+2].[Mg+2].[Mg+2].[Mg+2].[Mg+2].[Mg+2].[Mg+2].[Mg+2].[Mg+2].[Mg+2].[Mg+2].[Mg+2].[Mg+2].[Mg+2].[Mg+2].[Mg+2].[Mg+2]. The van der Waals surface area contributed by atoms with Crippen LogP contribution in [0.1, 0.15) is 0 Å². The van der Waals surface area contributed by atoms with E-state index in [0.29, 0.717) is 0 Å². The van der Waals surface area contributed by atoms with Crippen molar-refractivity contribution in [3.63, 3.8) is 0 Å². The molecule has 0 spiro atoms. The predicted octanol–water partition coefficient (Wildman–Crippen LogP) is -34.9. The van der Waals surface area contributed by atoms with Gasteiger partial charge in [-0.1, -0.05) is 0 Å². The first-order valence-electron chi connectivity index (χ1n) is 0. The smallest absolute Gasteiger partial charge is 0.147 e. The van der Waals surface area contributed by atoms with Crippen LogP contribution in [0.15, 0.2) is 0 Å². The third kappa shape index (κ3) is 889. The van der Waals surface area contributed by atoms with E-state index in [1.54, 1.807) is 0 Å². The van der Waals surface area contributed by atoms with Crippen molar-refractivity contribution >= 4 is 2230 Å². The van der Waals surface area contributed by atoms with Gasteiger partial charge in [0, 0.05) is 0 Å². The van der Waals surface area contributed by atoms with Crippen LogP contribution in [0.2, 0.25) is 0 Å². The van der Waals surface area contributed by atoms with E-state index in [-0.39, 0.29) is 2230 Å². The Balaban J connectivity index is 0. The second-order valence-corrected chi connectivity index (χ2v) is 0. The van der Waals surface area contributed by atoms with Crippen molar-refractivity contribution in [3.05, 3.63) is 0 Å². The summed E-state index contributed by atoms with van der Waals surface area (Å²) in [5.74, 6) is 0. The Morgan fingerprint density at radius 3 is 0.0204 bits per heavy atom. The van der Waals surface area contributed by atoms with Crippen molar-refractivity contribution in [3.8, 4) is 0 Å². The molecule has 98 heavy (non-hydrogen) atoms. The van der Waals surface area contributed by atoms with Gasteiger partial charge in [0.1, 0.15) is 0 Å². The van der Waals surface area contributed by atoms with Gasteiger partial charge in [-0.25, -0.2) is 0 Å². The van der Waals surface area contributed by atoms with Crippen LogP contribution >= 0.6 is 37.2 Å². The molecule has 0 aromatic rings. The molecule has 0 aliphatic rings. The summed E-state index contributed by atoms with van der Waals surface area (Å²) in [5, 5.41) is 0. The summed E-state index contributed by atoms with van der Waals surface area (Å²) < 4.78 is 0. The largest absolute Gasteiger partial charge is 2.00 e. The molecule has 0 aromatic carbocycles. The summed E-state index contributed by atoms with van der Waals surface area (Å²) in [4.78, 5) is 0. The summed E-state index contributed by atoms with van der Waals surface area (Å²) in [6, 6.07) is 0. The first-order valence-corrected chi connectivity index (χ1v) is 0. The Labute approximate surface area is 2150 Å². The van der Waals surface area contributed by atoms with Crippen molar-refractivity contribution < 1.29 is 0 Å². The molecule has 0 N–H and O–H groups in total. The van der Waals surface area contributed by atoms with Crippen LogP contribution in [0.5, 0.6) is 0 Å². The average Bonchev–Trinajstić information content (AvgIpc) is 0. The minimum atomic E-state index is 0. The van der Waals surface area contributed by atoms with Gasteiger partial charge in [0.25, 0.3) is 0 Å². The van der Waals surface area contributed by atoms with Gasteiger partial charge >= 0.3 is 2190 Å². The van der Waals surface area contributed by atoms with Gasteiger partial charge in [0.05, 0.1) is 0 Å². The molecule has 0 heterocycles. The van der Waals surface area contributed by atoms with Crippen molar-refractivity contribution in [1.29, 1.82) is 0 Å². The van der Waals surface area contributed by atoms with Gasteiger partial charge in [-0.05, 0) is 0 Å². The van der Waals surface area contributed by atoms with Crippen LogP contribution in [0.3, 0.4) is 0 Å². The monoisotopic (exact) mass is 2390 g/mol. The van der Waals surface area contributed by atoms with E-state index in [4.69, 9.17) is 0 Å². The summed E-state index contributed by atoms with van der Waals surface area (Å²) in [5.41, 5.74) is 0. The number of rotatable bonds is 0. The molecule has 0 rings (SSSR count). The molecule has 24 valence electrons. The molecule has 0 atom stereocenters. The number of halogens is 3. The van der Waals surface area contributed by atoms with Gasteiger partial charge in [0.2, 0.25) is 0 Å². The van der Waals surface area contributed by atoms with Crippen molar-refractivity contribution in [1.82, 2.24) is 0 Å². The van der Waals surface area contributed by atoms with Gasteiger partial charge in [-0.3, -0.25) is 0 Å². The Bertz CT molecular complexity index is 19.4. The molecule has 0 aromatic heterocycles. The van der Waals surface area contributed by atoms with E-state index in [9.17, 15) is 0 Å². The zero-order valence-electron chi connectivity index (χ0n) is 68.4. The molecule has 0 bridgehead atoms. The molecule has 0 nitrogen and oxygen atoms in total. The summed E-state index contributed by atoms with van der Waals surface area (Å²) >= 11 is 0. The Morgan fingerprint density at radius 1 is 0.0204 bits per heavy atom. The summed E-state index contributed by atoms with van der Waals surface area (Å²) in [6.45, 7) is 0. The van der Waals surface area contributed by atoms with E-state index < -0.39 is 0 Å². The van der Waals surface area contributed by atoms with Crippen LogP contribution in [-0.2, 0) is 0 Å². The van der Waals surface area contributed by atoms with Gasteiger partial charge in [-0.2, -0.15) is 0 Å². The third-order valence-corrected chi connectivity index (χ3v) is 0. The fourth-order valence-corrected chi connectivity index (χ4v) is 0. The number of hydrogen-bond donors (Lipinski definition) is 0. The van der Waals surface area contributed by atoms with Crippen molar-refractivity contribution in [2.75, 3.05) is 0 Å². The average molecular weight is 2420 g/mol. The maximum atomic E-state index is 0. The molecule has 0 fully saturated rings. The van der Waals surface area contributed by atoms with Crippen LogP contribution in [0.4, 0.5) is 0 Å². The van der Waals surface area contributed by atoms with Gasteiger partial charge < -0.3 is 0 Å². The zero-order valence-corrected chi connectivity index (χ0v) is 205. The Kier molecular flexibility index (Phi) is 8510. The molecular formula is H3Cl3Mg95+190. The molecule has 0 saturated heterocycles. The van der Waals surface area contributed by atoms with Crippen LogP contribution < -0.4 is 0 Å². The minimum absolute atomic E-state index is 0. The molecule has 0 radical (unpaired) electrons. The number of hydrogen-bond acceptors (Lipinski definition) is 0. The maximum Gasteiger partial charge on any atom is 2.00 e. The maximum absolute atomic E-state index is 0. The standard InChI is InChI=1S/3ClH.95Mg/h3*1H;;;;;;;;;;;;;;;;;;;;;;;;;;;;;;;;;;;;;;;;;;;;;;;;;;;;;;;;;;;;;;;;;;;;;;;;;;;;;;;;;;;;;;;;;;;;;;;/q;;;95*+2. The summed E-state index contributed by atoms with van der Waals surface area (Å²) in [6.07, 6.45) is 0. The topological polar surface area (TPSA) is 0 Å². The second kappa shape index (κ2) is 905. The van der Waals surface area contributed by atoms with E-state index in [1.165, 1.54) is 0 Å². The van der Waals surface area contributed by atoms with Gasteiger partial charge in [-0.15, -0.1) is 37.2 Å². The van der Waals surface area contributed by atoms with E-state index >= 15 is 0 Å². The molecule has 0 aliphatic heterocycles. The normalized spacial score (nSPS) is 0. The molecule has 0 saturated carbocycles. The molecule has 0 aliphatic carbocycles. The van der Waals surface area contributed by atoms with Crippen LogP contribution in [0, 0.1) is 0 Å². The Morgan fingerprint density at radius 2 is 0.0204 bits per heavy atom. The zero-order chi connectivity index (χ0) is 0. The van der Waals surface area contributed by atoms with Crippen molar-refractivity contribution in [2.45, 2.75) is 0 Å². The van der Waals surface area contributed by atoms with Crippen LogP contribution in [-0.4, -0.2) is 2190 Å². The quantitative estimate of drug-likeness (QED) is 0.212. The fraction of sp³-hybridized carbons (Fsp3) is 0. The molecule has 0 amide bonds. The second-order valence-electron chi connectivity index (χ2n) is 0. The third-order valence-electron chi connectivity index (χ3n) is 0. The van der Waals surface area contributed by atoms with Crippen LogP contribution in [0.25, 0.3) is 0 Å². The Hall–Kier alpha value is 73.7. The fourth-order valence-electron chi connectivity index (χ4n) is 0. The first-order chi connectivity index (χ1) is 0. The van der Waals surface area contributed by atoms with E-state index in [2.05, 4.69) is 0 Å². The van der Waals surface area contributed by atoms with E-state index in [1.807, 2.05) is 0 Å². The molecular weight excluding hydrogens is 2420 g/mol. The van der Waals surface area contributed by atoms with Gasteiger partial charge in [0.15, 0.2) is 0 Å².